The maximum Gasteiger partial charge on any atom is 0.304 e. The van der Waals surface area contributed by atoms with Gasteiger partial charge in [-0.25, -0.2) is 13.1 Å². The van der Waals surface area contributed by atoms with Gasteiger partial charge < -0.3 is 10.8 Å². The molecule has 19 heavy (non-hydrogen) atoms. The number of nitrogens with two attached hydrogens (primary N) is 1. The van der Waals surface area contributed by atoms with Crippen LogP contribution in [0.4, 0.5) is 0 Å². The number of rotatable bonds is 6. The molecule has 0 bridgehead atoms. The summed E-state index contributed by atoms with van der Waals surface area (Å²) in [5.74, 6) is -1.83. The largest absolute Gasteiger partial charge is 0.481 e. The smallest absolute Gasteiger partial charge is 0.304 e. The van der Waals surface area contributed by atoms with E-state index < -0.39 is 21.9 Å². The number of sulfonamides is 1. The molecule has 0 fully saturated rings. The molecule has 8 heteroatoms. The number of carboxylic acid groups (broad SMARTS) is 1. The number of amides is 1. The third-order valence-corrected chi connectivity index (χ3v) is 3.87. The lowest BCUT2D eigenvalue weighted by Crippen LogP contribution is -2.26. The summed E-state index contributed by atoms with van der Waals surface area (Å²) in [7, 11) is -3.85. The van der Waals surface area contributed by atoms with Gasteiger partial charge in [0.05, 0.1) is 11.3 Å². The molecular formula is C11H14N2O5S. The van der Waals surface area contributed by atoms with Crippen molar-refractivity contribution in [3.8, 4) is 0 Å². The monoisotopic (exact) mass is 286 g/mol. The highest BCUT2D eigenvalue weighted by Crippen LogP contribution is 2.15. The maximum atomic E-state index is 11.8. The van der Waals surface area contributed by atoms with Gasteiger partial charge in [0.2, 0.25) is 15.9 Å². The van der Waals surface area contributed by atoms with Crippen LogP contribution in [0.25, 0.3) is 0 Å². The molecule has 0 saturated carbocycles. The summed E-state index contributed by atoms with van der Waals surface area (Å²) in [6.07, 6.45) is -0.326. The van der Waals surface area contributed by atoms with E-state index in [9.17, 15) is 18.0 Å². The molecule has 104 valence electrons. The van der Waals surface area contributed by atoms with Crippen LogP contribution in [0, 0.1) is 6.92 Å². The molecule has 0 saturated heterocycles. The zero-order chi connectivity index (χ0) is 14.6. The lowest BCUT2D eigenvalue weighted by molar-refractivity contribution is -0.136. The third kappa shape index (κ3) is 4.04. The second kappa shape index (κ2) is 5.81. The first-order valence-corrected chi connectivity index (χ1v) is 6.84. The zero-order valence-corrected chi connectivity index (χ0v) is 11.0. The van der Waals surface area contributed by atoms with Gasteiger partial charge in [0.15, 0.2) is 0 Å². The van der Waals surface area contributed by atoms with Crippen molar-refractivity contribution in [2.45, 2.75) is 18.2 Å². The summed E-state index contributed by atoms with van der Waals surface area (Å²) < 4.78 is 25.8. The van der Waals surface area contributed by atoms with Crippen LogP contribution >= 0.6 is 0 Å². The lowest BCUT2D eigenvalue weighted by atomic mass is 10.1. The molecule has 1 aromatic carbocycles. The molecule has 0 unspecified atom stereocenters. The van der Waals surface area contributed by atoms with Gasteiger partial charge >= 0.3 is 5.97 Å². The number of primary amides is 1. The van der Waals surface area contributed by atoms with E-state index in [-0.39, 0.29) is 23.4 Å². The van der Waals surface area contributed by atoms with Crippen molar-refractivity contribution < 1.29 is 23.1 Å². The van der Waals surface area contributed by atoms with Crippen LogP contribution in [0.1, 0.15) is 22.3 Å². The molecule has 1 aromatic rings. The number of hydrogen-bond acceptors (Lipinski definition) is 4. The Kier molecular flexibility index (Phi) is 4.62. The summed E-state index contributed by atoms with van der Waals surface area (Å²) in [6, 6.07) is 3.96. The van der Waals surface area contributed by atoms with Crippen molar-refractivity contribution in [2.75, 3.05) is 6.54 Å². The van der Waals surface area contributed by atoms with E-state index in [2.05, 4.69) is 4.72 Å². The van der Waals surface area contributed by atoms with Crippen molar-refractivity contribution in [2.24, 2.45) is 5.73 Å². The molecule has 4 N–H and O–H groups in total. The fourth-order valence-corrected chi connectivity index (χ4v) is 2.47. The van der Waals surface area contributed by atoms with Crippen LogP contribution in [-0.4, -0.2) is 31.9 Å². The van der Waals surface area contributed by atoms with Crippen LogP contribution in [0.3, 0.4) is 0 Å². The molecule has 7 nitrogen and oxygen atoms in total. The predicted molar refractivity (Wildman–Crippen MR) is 67.1 cm³/mol. The Hall–Kier alpha value is -1.93. The summed E-state index contributed by atoms with van der Waals surface area (Å²) in [5, 5.41) is 8.44. The minimum absolute atomic E-state index is 0.112. The molecule has 0 aromatic heterocycles. The Labute approximate surface area is 110 Å². The van der Waals surface area contributed by atoms with Crippen molar-refractivity contribution in [3.63, 3.8) is 0 Å². The van der Waals surface area contributed by atoms with E-state index in [1.54, 1.807) is 6.92 Å². The molecule has 0 aliphatic carbocycles. The van der Waals surface area contributed by atoms with Crippen LogP contribution < -0.4 is 10.5 Å². The Morgan fingerprint density at radius 2 is 2.00 bits per heavy atom. The van der Waals surface area contributed by atoms with Gasteiger partial charge in [-0.2, -0.15) is 0 Å². The number of carbonyl (C=O) groups is 2. The van der Waals surface area contributed by atoms with E-state index in [0.29, 0.717) is 5.56 Å². The fraction of sp³-hybridized carbons (Fsp3) is 0.273. The number of hydrogen-bond donors (Lipinski definition) is 3. The average Bonchev–Trinajstić information content (AvgIpc) is 2.27. The third-order valence-electron chi connectivity index (χ3n) is 2.42. The second-order valence-electron chi connectivity index (χ2n) is 3.88. The predicted octanol–water partition coefficient (Wildman–Crippen LogP) is -0.153. The summed E-state index contributed by atoms with van der Waals surface area (Å²) in [6.45, 7) is 1.41. The minimum atomic E-state index is -3.85. The molecular weight excluding hydrogens is 272 g/mol. The zero-order valence-electron chi connectivity index (χ0n) is 10.2. The fourth-order valence-electron chi connectivity index (χ4n) is 1.41. The summed E-state index contributed by atoms with van der Waals surface area (Å²) in [4.78, 5) is 21.3. The van der Waals surface area contributed by atoms with Crippen LogP contribution in [0.2, 0.25) is 0 Å². The normalized spacial score (nSPS) is 11.2. The minimum Gasteiger partial charge on any atom is -0.481 e. The van der Waals surface area contributed by atoms with Crippen molar-refractivity contribution in [1.29, 1.82) is 0 Å². The van der Waals surface area contributed by atoms with Gasteiger partial charge in [0, 0.05) is 12.1 Å². The Bertz CT molecular complexity index is 610. The summed E-state index contributed by atoms with van der Waals surface area (Å²) in [5.41, 5.74) is 5.81. The number of aryl methyl sites for hydroxylation is 1. The number of carboxylic acids is 1. The molecule has 1 rings (SSSR count). The van der Waals surface area contributed by atoms with Crippen molar-refractivity contribution in [3.05, 3.63) is 29.3 Å². The van der Waals surface area contributed by atoms with E-state index in [0.717, 1.165) is 0 Å². The van der Waals surface area contributed by atoms with Gasteiger partial charge in [-0.3, -0.25) is 9.59 Å². The Balaban J connectivity index is 2.99. The van der Waals surface area contributed by atoms with Gasteiger partial charge in [-0.05, 0) is 24.6 Å². The first-order chi connectivity index (χ1) is 8.74. The van der Waals surface area contributed by atoms with E-state index >= 15 is 0 Å². The van der Waals surface area contributed by atoms with E-state index in [1.807, 2.05) is 0 Å². The molecule has 0 atom stereocenters. The quantitative estimate of drug-likeness (QED) is 0.670. The Morgan fingerprint density at radius 1 is 1.37 bits per heavy atom. The average molecular weight is 286 g/mol. The molecule has 0 spiro atoms. The van der Waals surface area contributed by atoms with Crippen LogP contribution in [0.5, 0.6) is 0 Å². The number of benzene rings is 1. The highest BCUT2D eigenvalue weighted by molar-refractivity contribution is 7.89. The van der Waals surface area contributed by atoms with E-state index in [4.69, 9.17) is 10.8 Å². The molecule has 1 amide bonds. The number of carbonyl (C=O) groups excluding carboxylic acids is 1. The van der Waals surface area contributed by atoms with Crippen LogP contribution in [-0.2, 0) is 14.8 Å². The maximum absolute atomic E-state index is 11.8. The molecule has 0 aliphatic heterocycles. The number of nitrogens with one attached hydrogen (secondary N) is 1. The highest BCUT2D eigenvalue weighted by Gasteiger charge is 2.16. The standard InChI is InChI=1S/C11H14N2O5S/c1-7-2-3-8(6-9(7)11(12)16)19(17,18)13-5-4-10(14)15/h2-3,6,13H,4-5H2,1H3,(H2,12,16)(H,14,15). The Morgan fingerprint density at radius 3 is 2.53 bits per heavy atom. The van der Waals surface area contributed by atoms with E-state index in [1.165, 1.54) is 18.2 Å². The molecule has 0 aliphatic rings. The topological polar surface area (TPSA) is 127 Å². The second-order valence-corrected chi connectivity index (χ2v) is 5.65. The molecule has 0 heterocycles. The summed E-state index contributed by atoms with van der Waals surface area (Å²) >= 11 is 0. The van der Waals surface area contributed by atoms with Gasteiger partial charge in [-0.15, -0.1) is 0 Å². The molecule has 0 radical (unpaired) electrons. The first-order valence-electron chi connectivity index (χ1n) is 5.36. The van der Waals surface area contributed by atoms with Gasteiger partial charge in [0.25, 0.3) is 0 Å². The van der Waals surface area contributed by atoms with Gasteiger partial charge in [-0.1, -0.05) is 6.07 Å². The highest BCUT2D eigenvalue weighted by atomic mass is 32.2. The van der Waals surface area contributed by atoms with Crippen LogP contribution in [0.15, 0.2) is 23.1 Å². The SMILES string of the molecule is Cc1ccc(S(=O)(=O)NCCC(=O)O)cc1C(N)=O. The lowest BCUT2D eigenvalue weighted by Gasteiger charge is -2.08. The van der Waals surface area contributed by atoms with Crippen molar-refractivity contribution in [1.82, 2.24) is 4.72 Å². The van der Waals surface area contributed by atoms with Gasteiger partial charge in [0.1, 0.15) is 0 Å². The first kappa shape index (κ1) is 15.1. The van der Waals surface area contributed by atoms with Crippen molar-refractivity contribution >= 4 is 21.9 Å². The number of aliphatic carboxylic acids is 1.